The number of nitrogens with one attached hydrogen (secondary N) is 1. The number of benzene rings is 1. The monoisotopic (exact) mass is 435 g/mol. The Balaban J connectivity index is 2.52. The maximum atomic E-state index is 13.3. The molecule has 0 bridgehead atoms. The molecule has 0 saturated heterocycles. The Hall–Kier alpha value is -0.760. The zero-order valence-corrected chi connectivity index (χ0v) is 14.2. The van der Waals surface area contributed by atoms with Crippen LogP contribution < -0.4 is 5.32 Å². The molecule has 19 heavy (non-hydrogen) atoms. The number of rotatable bonds is 3. The summed E-state index contributed by atoms with van der Waals surface area (Å²) in [5.74, 6) is 1.11. The van der Waals surface area contributed by atoms with Crippen LogP contribution in [-0.4, -0.2) is 16.5 Å². The van der Waals surface area contributed by atoms with Crippen molar-refractivity contribution in [2.24, 2.45) is 0 Å². The van der Waals surface area contributed by atoms with Gasteiger partial charge in [0.15, 0.2) is 5.82 Å². The normalized spacial score (nSPS) is 10.6. The van der Waals surface area contributed by atoms with Crippen molar-refractivity contribution >= 4 is 44.3 Å². The maximum absolute atomic E-state index is 13.3. The van der Waals surface area contributed by atoms with E-state index in [0.29, 0.717) is 10.3 Å². The lowest BCUT2D eigenvalue weighted by Gasteiger charge is -2.10. The molecule has 0 spiro atoms. The van der Waals surface area contributed by atoms with Crippen LogP contribution in [0, 0.1) is 16.3 Å². The third-order valence-corrected chi connectivity index (χ3v) is 4.44. The lowest BCUT2D eigenvalue weighted by molar-refractivity contribution is 0.621. The lowest BCUT2D eigenvalue weighted by Crippen LogP contribution is -2.06. The predicted molar refractivity (Wildman–Crippen MR) is 86.7 cm³/mol. The minimum atomic E-state index is -0.294. The van der Waals surface area contributed by atoms with Gasteiger partial charge in [0.25, 0.3) is 0 Å². The highest BCUT2D eigenvalue weighted by atomic mass is 127. The summed E-state index contributed by atoms with van der Waals surface area (Å²) in [7, 11) is 0. The van der Waals surface area contributed by atoms with Crippen LogP contribution in [0.1, 0.15) is 12.6 Å². The summed E-state index contributed by atoms with van der Waals surface area (Å²) in [6.07, 6.45) is 0. The van der Waals surface area contributed by atoms with Crippen LogP contribution in [0.5, 0.6) is 0 Å². The molecule has 0 fully saturated rings. The number of hydrogen-bond donors (Lipinski definition) is 1. The van der Waals surface area contributed by atoms with Crippen molar-refractivity contribution < 1.29 is 4.39 Å². The Morgan fingerprint density at radius 3 is 2.74 bits per heavy atom. The highest BCUT2D eigenvalue weighted by Crippen LogP contribution is 2.26. The van der Waals surface area contributed by atoms with Crippen molar-refractivity contribution in [3.05, 3.63) is 37.8 Å². The third kappa shape index (κ3) is 3.22. The summed E-state index contributed by atoms with van der Waals surface area (Å²) < 4.78 is 14.7. The number of aryl methyl sites for hydroxylation is 1. The number of hydrogen-bond acceptors (Lipinski definition) is 3. The molecule has 0 amide bonds. The van der Waals surface area contributed by atoms with Gasteiger partial charge in [0.2, 0.25) is 0 Å². The fourth-order valence-corrected chi connectivity index (χ4v) is 2.42. The molecule has 0 aliphatic carbocycles. The first-order valence-electron chi connectivity index (χ1n) is 5.76. The Morgan fingerprint density at radius 2 is 2.11 bits per heavy atom. The van der Waals surface area contributed by atoms with Gasteiger partial charge in [-0.25, -0.2) is 14.4 Å². The molecule has 3 nitrogen and oxygen atoms in total. The zero-order chi connectivity index (χ0) is 14.0. The molecule has 0 aliphatic rings. The molecule has 0 saturated carbocycles. The quantitative estimate of drug-likeness (QED) is 0.726. The average Bonchev–Trinajstić information content (AvgIpc) is 2.38. The SMILES string of the molecule is CCNc1nc(-c2ccc(F)c(Br)c2)nc(C)c1I. The molecule has 1 aromatic carbocycles. The number of anilines is 1. The van der Waals surface area contributed by atoms with Gasteiger partial charge in [0.1, 0.15) is 11.6 Å². The van der Waals surface area contributed by atoms with Gasteiger partial charge in [-0.15, -0.1) is 0 Å². The van der Waals surface area contributed by atoms with E-state index >= 15 is 0 Å². The van der Waals surface area contributed by atoms with E-state index in [0.717, 1.165) is 27.2 Å². The van der Waals surface area contributed by atoms with Crippen LogP contribution >= 0.6 is 38.5 Å². The van der Waals surface area contributed by atoms with Gasteiger partial charge >= 0.3 is 0 Å². The number of nitrogens with zero attached hydrogens (tertiary/aromatic N) is 2. The molecule has 100 valence electrons. The molecular weight excluding hydrogens is 424 g/mol. The summed E-state index contributed by atoms with van der Waals surface area (Å²) in [6.45, 7) is 4.74. The van der Waals surface area contributed by atoms with Crippen molar-refractivity contribution in [2.75, 3.05) is 11.9 Å². The largest absolute Gasteiger partial charge is 0.369 e. The zero-order valence-electron chi connectivity index (χ0n) is 10.5. The number of aromatic nitrogens is 2. The molecule has 0 aliphatic heterocycles. The van der Waals surface area contributed by atoms with E-state index in [1.165, 1.54) is 6.07 Å². The van der Waals surface area contributed by atoms with Gasteiger partial charge in [-0.1, -0.05) is 0 Å². The van der Waals surface area contributed by atoms with Crippen LogP contribution in [0.3, 0.4) is 0 Å². The highest BCUT2D eigenvalue weighted by molar-refractivity contribution is 14.1. The summed E-state index contributed by atoms with van der Waals surface area (Å²) in [6, 6.07) is 4.77. The molecular formula is C13H12BrFIN3. The van der Waals surface area contributed by atoms with Gasteiger partial charge in [0, 0.05) is 12.1 Å². The molecule has 0 radical (unpaired) electrons. The van der Waals surface area contributed by atoms with Gasteiger partial charge in [0.05, 0.1) is 13.7 Å². The van der Waals surface area contributed by atoms with E-state index in [4.69, 9.17) is 0 Å². The Bertz CT molecular complexity index is 619. The third-order valence-electron chi connectivity index (χ3n) is 2.54. The molecule has 2 aromatic rings. The van der Waals surface area contributed by atoms with Crippen LogP contribution in [0.4, 0.5) is 10.2 Å². The first kappa shape index (κ1) is 14.6. The van der Waals surface area contributed by atoms with E-state index in [2.05, 4.69) is 53.8 Å². The summed E-state index contributed by atoms with van der Waals surface area (Å²) in [5, 5.41) is 3.21. The van der Waals surface area contributed by atoms with E-state index in [-0.39, 0.29) is 5.82 Å². The first-order chi connectivity index (χ1) is 9.02. The van der Waals surface area contributed by atoms with E-state index in [9.17, 15) is 4.39 Å². The minimum Gasteiger partial charge on any atom is -0.369 e. The maximum Gasteiger partial charge on any atom is 0.161 e. The molecule has 1 heterocycles. The van der Waals surface area contributed by atoms with Gasteiger partial charge in [-0.05, 0) is 70.6 Å². The molecule has 0 atom stereocenters. The Labute approximate surface area is 133 Å². The standard InChI is InChI=1S/C13H12BrFIN3/c1-3-17-13-11(16)7(2)18-12(19-13)8-4-5-10(15)9(14)6-8/h4-6H,3H2,1-2H3,(H,17,18,19). The van der Waals surface area contributed by atoms with Crippen LogP contribution in [0.25, 0.3) is 11.4 Å². The highest BCUT2D eigenvalue weighted by Gasteiger charge is 2.11. The second-order valence-electron chi connectivity index (χ2n) is 3.95. The Kier molecular flexibility index (Phi) is 4.72. The summed E-state index contributed by atoms with van der Waals surface area (Å²) in [5.41, 5.74) is 1.69. The second kappa shape index (κ2) is 6.13. The van der Waals surface area contributed by atoms with E-state index in [1.54, 1.807) is 12.1 Å². The second-order valence-corrected chi connectivity index (χ2v) is 5.89. The smallest absolute Gasteiger partial charge is 0.161 e. The van der Waals surface area contributed by atoms with Crippen molar-refractivity contribution in [3.63, 3.8) is 0 Å². The lowest BCUT2D eigenvalue weighted by atomic mass is 10.2. The average molecular weight is 436 g/mol. The summed E-state index contributed by atoms with van der Waals surface area (Å²) >= 11 is 5.40. The predicted octanol–water partition coefficient (Wildman–Crippen LogP) is 4.39. The molecule has 0 unspecified atom stereocenters. The van der Waals surface area contributed by atoms with Gasteiger partial charge in [-0.3, -0.25) is 0 Å². The van der Waals surface area contributed by atoms with Gasteiger partial charge < -0.3 is 5.32 Å². The Morgan fingerprint density at radius 1 is 1.37 bits per heavy atom. The number of halogens is 3. The molecule has 1 N–H and O–H groups in total. The van der Waals surface area contributed by atoms with Crippen LogP contribution in [0.2, 0.25) is 0 Å². The fraction of sp³-hybridized carbons (Fsp3) is 0.231. The van der Waals surface area contributed by atoms with E-state index in [1.807, 2.05) is 13.8 Å². The van der Waals surface area contributed by atoms with Crippen molar-refractivity contribution in [1.82, 2.24) is 9.97 Å². The topological polar surface area (TPSA) is 37.8 Å². The van der Waals surface area contributed by atoms with Crippen molar-refractivity contribution in [2.45, 2.75) is 13.8 Å². The minimum absolute atomic E-state index is 0.294. The molecule has 6 heteroatoms. The molecule has 1 aromatic heterocycles. The summed E-state index contributed by atoms with van der Waals surface area (Å²) in [4.78, 5) is 8.95. The molecule has 2 rings (SSSR count). The van der Waals surface area contributed by atoms with Crippen LogP contribution in [0.15, 0.2) is 22.7 Å². The van der Waals surface area contributed by atoms with Crippen molar-refractivity contribution in [1.29, 1.82) is 0 Å². The van der Waals surface area contributed by atoms with Crippen LogP contribution in [-0.2, 0) is 0 Å². The van der Waals surface area contributed by atoms with Crippen molar-refractivity contribution in [3.8, 4) is 11.4 Å². The van der Waals surface area contributed by atoms with Gasteiger partial charge in [-0.2, -0.15) is 0 Å². The first-order valence-corrected chi connectivity index (χ1v) is 7.63. The van der Waals surface area contributed by atoms with E-state index < -0.39 is 0 Å². The fourth-order valence-electron chi connectivity index (χ4n) is 1.61.